The Morgan fingerprint density at radius 3 is 3.28 bits per heavy atom. The molecular weight excluding hydrogens is 252 g/mol. The SMILES string of the molecule is CCCNCC1COCCN1c1ncncc1Cl. The summed E-state index contributed by atoms with van der Waals surface area (Å²) in [5.41, 5.74) is 0. The van der Waals surface area contributed by atoms with Gasteiger partial charge < -0.3 is 15.0 Å². The number of hydrogen-bond donors (Lipinski definition) is 1. The lowest BCUT2D eigenvalue weighted by molar-refractivity contribution is 0.0934. The van der Waals surface area contributed by atoms with E-state index in [0.717, 1.165) is 31.9 Å². The maximum atomic E-state index is 6.16. The lowest BCUT2D eigenvalue weighted by Gasteiger charge is -2.36. The van der Waals surface area contributed by atoms with Gasteiger partial charge in [-0.25, -0.2) is 9.97 Å². The van der Waals surface area contributed by atoms with Crippen LogP contribution in [0.25, 0.3) is 0 Å². The molecule has 5 nitrogen and oxygen atoms in total. The molecule has 1 aliphatic heterocycles. The van der Waals surface area contributed by atoms with Crippen molar-refractivity contribution < 1.29 is 4.74 Å². The fourth-order valence-electron chi connectivity index (χ4n) is 2.07. The average molecular weight is 271 g/mol. The molecule has 2 heterocycles. The molecule has 0 aromatic carbocycles. The first-order valence-corrected chi connectivity index (χ1v) is 6.71. The first-order valence-electron chi connectivity index (χ1n) is 6.33. The zero-order chi connectivity index (χ0) is 12.8. The van der Waals surface area contributed by atoms with E-state index < -0.39 is 0 Å². The number of nitrogens with one attached hydrogen (secondary N) is 1. The van der Waals surface area contributed by atoms with Crippen molar-refractivity contribution in [3.8, 4) is 0 Å². The van der Waals surface area contributed by atoms with Crippen LogP contribution in [0, 0.1) is 0 Å². The van der Waals surface area contributed by atoms with E-state index in [9.17, 15) is 0 Å². The fraction of sp³-hybridized carbons (Fsp3) is 0.667. The Morgan fingerprint density at radius 2 is 2.50 bits per heavy atom. The second kappa shape index (κ2) is 6.87. The number of halogens is 1. The van der Waals surface area contributed by atoms with E-state index >= 15 is 0 Å². The van der Waals surface area contributed by atoms with Gasteiger partial charge >= 0.3 is 0 Å². The minimum absolute atomic E-state index is 0.276. The maximum Gasteiger partial charge on any atom is 0.151 e. The van der Waals surface area contributed by atoms with Gasteiger partial charge in [-0.05, 0) is 13.0 Å². The van der Waals surface area contributed by atoms with Crippen molar-refractivity contribution >= 4 is 17.4 Å². The molecule has 1 atom stereocenters. The monoisotopic (exact) mass is 270 g/mol. The van der Waals surface area contributed by atoms with Crippen molar-refractivity contribution in [1.82, 2.24) is 15.3 Å². The number of rotatable bonds is 5. The van der Waals surface area contributed by atoms with Crippen molar-refractivity contribution in [1.29, 1.82) is 0 Å². The Kier molecular flexibility index (Phi) is 5.16. The minimum Gasteiger partial charge on any atom is -0.377 e. The van der Waals surface area contributed by atoms with Gasteiger partial charge in [0.15, 0.2) is 5.82 Å². The van der Waals surface area contributed by atoms with Crippen molar-refractivity contribution in [3.63, 3.8) is 0 Å². The summed E-state index contributed by atoms with van der Waals surface area (Å²) in [6.07, 6.45) is 4.30. The lowest BCUT2D eigenvalue weighted by Crippen LogP contribution is -2.51. The topological polar surface area (TPSA) is 50.3 Å². The van der Waals surface area contributed by atoms with E-state index in [1.165, 1.54) is 6.33 Å². The van der Waals surface area contributed by atoms with Crippen LogP contribution in [0.3, 0.4) is 0 Å². The predicted octanol–water partition coefficient (Wildman–Crippen LogP) is 1.33. The van der Waals surface area contributed by atoms with Crippen molar-refractivity contribution in [2.24, 2.45) is 0 Å². The molecule has 2 rings (SSSR count). The summed E-state index contributed by atoms with van der Waals surface area (Å²) in [6, 6.07) is 0.276. The zero-order valence-corrected chi connectivity index (χ0v) is 11.4. The number of nitrogens with zero attached hydrogens (tertiary/aromatic N) is 3. The number of morpholine rings is 1. The van der Waals surface area contributed by atoms with Crippen LogP contribution in [0.2, 0.25) is 5.02 Å². The molecule has 1 N–H and O–H groups in total. The minimum atomic E-state index is 0.276. The Balaban J connectivity index is 2.05. The quantitative estimate of drug-likeness (QED) is 0.818. The molecule has 18 heavy (non-hydrogen) atoms. The van der Waals surface area contributed by atoms with Gasteiger partial charge in [0.05, 0.1) is 25.5 Å². The largest absolute Gasteiger partial charge is 0.377 e. The average Bonchev–Trinajstić information content (AvgIpc) is 2.40. The van der Waals surface area contributed by atoms with E-state index in [2.05, 4.69) is 27.1 Å². The van der Waals surface area contributed by atoms with Crippen LogP contribution in [0.5, 0.6) is 0 Å². The third-order valence-corrected chi connectivity index (χ3v) is 3.22. The van der Waals surface area contributed by atoms with Gasteiger partial charge in [0, 0.05) is 13.1 Å². The molecule has 1 fully saturated rings. The molecule has 0 spiro atoms. The van der Waals surface area contributed by atoms with Crippen LogP contribution in [0.1, 0.15) is 13.3 Å². The summed E-state index contributed by atoms with van der Waals surface area (Å²) in [5.74, 6) is 0.804. The molecule has 6 heteroatoms. The first-order chi connectivity index (χ1) is 8.83. The predicted molar refractivity (Wildman–Crippen MR) is 72.2 cm³/mol. The van der Waals surface area contributed by atoms with Crippen LogP contribution in [0.15, 0.2) is 12.5 Å². The van der Waals surface area contributed by atoms with Crippen molar-refractivity contribution in [3.05, 3.63) is 17.5 Å². The normalized spacial score (nSPS) is 20.1. The summed E-state index contributed by atoms with van der Waals surface area (Å²) in [5, 5.41) is 4.01. The number of hydrogen-bond acceptors (Lipinski definition) is 5. The molecule has 0 amide bonds. The van der Waals surface area contributed by atoms with Gasteiger partial charge in [-0.3, -0.25) is 0 Å². The van der Waals surface area contributed by atoms with E-state index in [1.807, 2.05) is 0 Å². The van der Waals surface area contributed by atoms with E-state index in [0.29, 0.717) is 18.2 Å². The lowest BCUT2D eigenvalue weighted by atomic mass is 10.2. The third kappa shape index (κ3) is 3.31. The molecule has 0 bridgehead atoms. The second-order valence-electron chi connectivity index (χ2n) is 4.32. The molecule has 1 saturated heterocycles. The molecule has 0 aliphatic carbocycles. The number of anilines is 1. The smallest absolute Gasteiger partial charge is 0.151 e. The van der Waals surface area contributed by atoms with Crippen LogP contribution in [0.4, 0.5) is 5.82 Å². The van der Waals surface area contributed by atoms with E-state index in [-0.39, 0.29) is 6.04 Å². The highest BCUT2D eigenvalue weighted by Crippen LogP contribution is 2.24. The summed E-state index contributed by atoms with van der Waals surface area (Å²) < 4.78 is 5.54. The Labute approximate surface area is 113 Å². The highest BCUT2D eigenvalue weighted by molar-refractivity contribution is 6.32. The van der Waals surface area contributed by atoms with Crippen LogP contribution in [-0.4, -0.2) is 48.9 Å². The highest BCUT2D eigenvalue weighted by Gasteiger charge is 2.25. The van der Waals surface area contributed by atoms with E-state index in [1.54, 1.807) is 6.20 Å². The number of aromatic nitrogens is 2. The van der Waals surface area contributed by atoms with Gasteiger partial charge in [0.2, 0.25) is 0 Å². The van der Waals surface area contributed by atoms with Crippen LogP contribution < -0.4 is 10.2 Å². The number of ether oxygens (including phenoxy) is 1. The molecule has 100 valence electrons. The zero-order valence-electron chi connectivity index (χ0n) is 10.6. The second-order valence-corrected chi connectivity index (χ2v) is 4.73. The van der Waals surface area contributed by atoms with Gasteiger partial charge in [0.1, 0.15) is 11.3 Å². The van der Waals surface area contributed by atoms with Gasteiger partial charge in [-0.1, -0.05) is 18.5 Å². The molecule has 1 unspecified atom stereocenters. The van der Waals surface area contributed by atoms with Gasteiger partial charge in [0.25, 0.3) is 0 Å². The molecule has 1 aromatic rings. The van der Waals surface area contributed by atoms with Crippen LogP contribution >= 0.6 is 11.6 Å². The standard InChI is InChI=1S/C12H19ClN4O/c1-2-3-14-6-10-8-18-5-4-17(10)12-11(13)7-15-9-16-12/h7,9-10,14H,2-6,8H2,1H3. The van der Waals surface area contributed by atoms with Crippen molar-refractivity contribution in [2.75, 3.05) is 37.7 Å². The van der Waals surface area contributed by atoms with Gasteiger partial charge in [-0.15, -0.1) is 0 Å². The Bertz CT molecular complexity index is 377. The summed E-state index contributed by atoms with van der Waals surface area (Å²) in [6.45, 7) is 6.29. The summed E-state index contributed by atoms with van der Waals surface area (Å²) in [7, 11) is 0. The molecule has 1 aromatic heterocycles. The molecular formula is C12H19ClN4O. The fourth-order valence-corrected chi connectivity index (χ4v) is 2.28. The molecule has 1 aliphatic rings. The molecule has 0 radical (unpaired) electrons. The van der Waals surface area contributed by atoms with E-state index in [4.69, 9.17) is 16.3 Å². The first kappa shape index (κ1) is 13.5. The summed E-state index contributed by atoms with van der Waals surface area (Å²) in [4.78, 5) is 10.4. The third-order valence-electron chi connectivity index (χ3n) is 2.95. The molecule has 0 saturated carbocycles. The Morgan fingerprint density at radius 1 is 1.61 bits per heavy atom. The van der Waals surface area contributed by atoms with Crippen molar-refractivity contribution in [2.45, 2.75) is 19.4 Å². The Hall–Kier alpha value is -0.910. The maximum absolute atomic E-state index is 6.16. The summed E-state index contributed by atoms with van der Waals surface area (Å²) >= 11 is 6.16. The van der Waals surface area contributed by atoms with Crippen LogP contribution in [-0.2, 0) is 4.74 Å². The van der Waals surface area contributed by atoms with Gasteiger partial charge in [-0.2, -0.15) is 0 Å². The highest BCUT2D eigenvalue weighted by atomic mass is 35.5.